The predicted molar refractivity (Wildman–Crippen MR) is 72.7 cm³/mol. The van der Waals surface area contributed by atoms with E-state index < -0.39 is 11.6 Å². The minimum atomic E-state index is -0.799. The van der Waals surface area contributed by atoms with Gasteiger partial charge < -0.3 is 5.73 Å². The number of rotatable bonds is 3. The Hall–Kier alpha value is -1.00. The Bertz CT molecular complexity index is 446. The Kier molecular flexibility index (Phi) is 4.21. The molecule has 1 aromatic carbocycles. The third-order valence-electron chi connectivity index (χ3n) is 3.93. The molecule has 19 heavy (non-hydrogen) atoms. The van der Waals surface area contributed by atoms with Gasteiger partial charge in [-0.3, -0.25) is 4.90 Å². The molecule has 4 heteroatoms. The van der Waals surface area contributed by atoms with Crippen LogP contribution in [0.3, 0.4) is 0 Å². The van der Waals surface area contributed by atoms with Crippen molar-refractivity contribution in [3.63, 3.8) is 0 Å². The number of likely N-dealkylation sites (tertiary alicyclic amines) is 1. The normalized spacial score (nSPS) is 21.3. The van der Waals surface area contributed by atoms with Crippen molar-refractivity contribution in [3.8, 4) is 0 Å². The van der Waals surface area contributed by atoms with Crippen molar-refractivity contribution in [2.75, 3.05) is 19.6 Å². The minimum Gasteiger partial charge on any atom is -0.329 e. The maximum atomic E-state index is 13.9. The number of halogens is 2. The zero-order valence-electron chi connectivity index (χ0n) is 11.6. The topological polar surface area (TPSA) is 29.3 Å². The van der Waals surface area contributed by atoms with Gasteiger partial charge in [0.05, 0.1) is 6.04 Å². The van der Waals surface area contributed by atoms with E-state index in [1.165, 1.54) is 0 Å². The van der Waals surface area contributed by atoms with Crippen molar-refractivity contribution in [3.05, 3.63) is 35.4 Å². The molecule has 1 aliphatic rings. The summed E-state index contributed by atoms with van der Waals surface area (Å²) in [6, 6.07) is 4.09. The van der Waals surface area contributed by atoms with Gasteiger partial charge in [0.1, 0.15) is 0 Å². The monoisotopic (exact) mass is 268 g/mol. The van der Waals surface area contributed by atoms with Crippen molar-refractivity contribution in [2.45, 2.75) is 32.7 Å². The van der Waals surface area contributed by atoms with Crippen molar-refractivity contribution in [2.24, 2.45) is 11.1 Å². The summed E-state index contributed by atoms with van der Waals surface area (Å²) in [5.74, 6) is -1.56. The van der Waals surface area contributed by atoms with Crippen LogP contribution in [0.15, 0.2) is 18.2 Å². The van der Waals surface area contributed by atoms with Gasteiger partial charge in [-0.1, -0.05) is 26.0 Å². The fourth-order valence-electron chi connectivity index (χ4n) is 2.99. The first-order valence-electron chi connectivity index (χ1n) is 6.82. The standard InChI is InChI=1S/C15H22F2N2/c1-15(2)7-4-8-19(10-15)13(9-18)11-5-3-6-12(16)14(11)17/h3,5-6,13H,4,7-10,18H2,1-2H3. The lowest BCUT2D eigenvalue weighted by molar-refractivity contribution is 0.0789. The molecule has 0 bridgehead atoms. The van der Waals surface area contributed by atoms with Crippen LogP contribution in [0.25, 0.3) is 0 Å². The Morgan fingerprint density at radius 3 is 2.74 bits per heavy atom. The van der Waals surface area contributed by atoms with E-state index in [0.29, 0.717) is 12.1 Å². The fraction of sp³-hybridized carbons (Fsp3) is 0.600. The van der Waals surface area contributed by atoms with Crippen LogP contribution in [0, 0.1) is 17.0 Å². The lowest BCUT2D eigenvalue weighted by Crippen LogP contribution is -2.44. The smallest absolute Gasteiger partial charge is 0.163 e. The molecule has 0 radical (unpaired) electrons. The van der Waals surface area contributed by atoms with E-state index in [1.807, 2.05) is 0 Å². The molecule has 1 aromatic rings. The van der Waals surface area contributed by atoms with Gasteiger partial charge in [-0.05, 0) is 30.9 Å². The SMILES string of the molecule is CC1(C)CCCN(C(CN)c2cccc(F)c2F)C1. The Labute approximate surface area is 113 Å². The van der Waals surface area contributed by atoms with Gasteiger partial charge >= 0.3 is 0 Å². The van der Waals surface area contributed by atoms with Gasteiger partial charge in [0.2, 0.25) is 0 Å². The Balaban J connectivity index is 2.27. The molecule has 1 saturated heterocycles. The van der Waals surface area contributed by atoms with Crippen molar-refractivity contribution in [1.29, 1.82) is 0 Å². The minimum absolute atomic E-state index is 0.204. The van der Waals surface area contributed by atoms with E-state index in [1.54, 1.807) is 12.1 Å². The predicted octanol–water partition coefficient (Wildman–Crippen LogP) is 3.09. The Morgan fingerprint density at radius 2 is 2.11 bits per heavy atom. The maximum Gasteiger partial charge on any atom is 0.163 e. The van der Waals surface area contributed by atoms with E-state index in [0.717, 1.165) is 32.0 Å². The summed E-state index contributed by atoms with van der Waals surface area (Å²) in [5.41, 5.74) is 6.39. The van der Waals surface area contributed by atoms with Crippen LogP contribution in [0.2, 0.25) is 0 Å². The summed E-state index contributed by atoms with van der Waals surface area (Å²) >= 11 is 0. The first kappa shape index (κ1) is 14.4. The van der Waals surface area contributed by atoms with Gasteiger partial charge in [0, 0.05) is 18.7 Å². The highest BCUT2D eigenvalue weighted by Crippen LogP contribution is 2.34. The van der Waals surface area contributed by atoms with Crippen LogP contribution in [0.5, 0.6) is 0 Å². The first-order chi connectivity index (χ1) is 8.94. The van der Waals surface area contributed by atoms with Crippen LogP contribution in [0.4, 0.5) is 8.78 Å². The molecule has 0 saturated carbocycles. The van der Waals surface area contributed by atoms with E-state index in [4.69, 9.17) is 5.73 Å². The molecule has 1 aliphatic heterocycles. The second-order valence-electron chi connectivity index (χ2n) is 6.13. The highest BCUT2D eigenvalue weighted by atomic mass is 19.2. The van der Waals surface area contributed by atoms with Crippen LogP contribution >= 0.6 is 0 Å². The van der Waals surface area contributed by atoms with Crippen LogP contribution in [0.1, 0.15) is 38.3 Å². The number of hydrogen-bond donors (Lipinski definition) is 1. The molecule has 0 aliphatic carbocycles. The highest BCUT2D eigenvalue weighted by Gasteiger charge is 2.32. The lowest BCUT2D eigenvalue weighted by atomic mass is 9.83. The molecule has 1 fully saturated rings. The molecular weight excluding hydrogens is 246 g/mol. The number of benzene rings is 1. The quantitative estimate of drug-likeness (QED) is 0.912. The second kappa shape index (κ2) is 5.55. The molecule has 2 nitrogen and oxygen atoms in total. The van der Waals surface area contributed by atoms with Gasteiger partial charge in [-0.15, -0.1) is 0 Å². The van der Waals surface area contributed by atoms with Gasteiger partial charge in [0.25, 0.3) is 0 Å². The molecule has 2 N–H and O–H groups in total. The van der Waals surface area contributed by atoms with Crippen molar-refractivity contribution >= 4 is 0 Å². The molecule has 2 rings (SSSR count). The fourth-order valence-corrected chi connectivity index (χ4v) is 2.99. The van der Waals surface area contributed by atoms with Crippen LogP contribution in [-0.2, 0) is 0 Å². The third kappa shape index (κ3) is 3.12. The molecule has 1 unspecified atom stereocenters. The van der Waals surface area contributed by atoms with Crippen molar-refractivity contribution in [1.82, 2.24) is 4.90 Å². The third-order valence-corrected chi connectivity index (χ3v) is 3.93. The first-order valence-corrected chi connectivity index (χ1v) is 6.82. The summed E-state index contributed by atoms with van der Waals surface area (Å²) in [4.78, 5) is 2.18. The highest BCUT2D eigenvalue weighted by molar-refractivity contribution is 5.23. The average Bonchev–Trinajstić information content (AvgIpc) is 2.34. The Morgan fingerprint density at radius 1 is 1.37 bits per heavy atom. The zero-order valence-corrected chi connectivity index (χ0v) is 11.6. The van der Waals surface area contributed by atoms with Gasteiger partial charge in [-0.2, -0.15) is 0 Å². The molecule has 1 atom stereocenters. The molecule has 0 aromatic heterocycles. The van der Waals surface area contributed by atoms with Gasteiger partial charge in [-0.25, -0.2) is 8.78 Å². The van der Waals surface area contributed by atoms with Crippen LogP contribution < -0.4 is 5.73 Å². The summed E-state index contributed by atoms with van der Waals surface area (Å²) in [6.07, 6.45) is 2.23. The molecule has 0 amide bonds. The van der Waals surface area contributed by atoms with E-state index in [-0.39, 0.29) is 11.5 Å². The van der Waals surface area contributed by atoms with Crippen LogP contribution in [-0.4, -0.2) is 24.5 Å². The summed E-state index contributed by atoms with van der Waals surface area (Å²) < 4.78 is 27.3. The molecular formula is C15H22F2N2. The summed E-state index contributed by atoms with van der Waals surface area (Å²) in [7, 11) is 0. The number of nitrogens with two attached hydrogens (primary N) is 1. The molecule has 106 valence electrons. The summed E-state index contributed by atoms with van der Waals surface area (Å²) in [6.45, 7) is 6.46. The largest absolute Gasteiger partial charge is 0.329 e. The lowest BCUT2D eigenvalue weighted by Gasteiger charge is -2.42. The zero-order chi connectivity index (χ0) is 14.0. The number of nitrogens with zero attached hydrogens (tertiary/aromatic N) is 1. The molecule has 1 heterocycles. The van der Waals surface area contributed by atoms with E-state index in [2.05, 4.69) is 18.7 Å². The van der Waals surface area contributed by atoms with Gasteiger partial charge in [0.15, 0.2) is 11.6 Å². The second-order valence-corrected chi connectivity index (χ2v) is 6.13. The average molecular weight is 268 g/mol. The van der Waals surface area contributed by atoms with Crippen molar-refractivity contribution < 1.29 is 8.78 Å². The van der Waals surface area contributed by atoms with E-state index >= 15 is 0 Å². The number of hydrogen-bond acceptors (Lipinski definition) is 2. The molecule has 0 spiro atoms. The number of piperidine rings is 1. The van der Waals surface area contributed by atoms with E-state index in [9.17, 15) is 8.78 Å². The maximum absolute atomic E-state index is 13.9. The summed E-state index contributed by atoms with van der Waals surface area (Å²) in [5, 5.41) is 0.